The van der Waals surface area contributed by atoms with E-state index in [1.165, 1.54) is 44.8 Å². The van der Waals surface area contributed by atoms with Crippen LogP contribution in [0.4, 0.5) is 0 Å². The summed E-state index contributed by atoms with van der Waals surface area (Å²) in [5.74, 6) is 0. The average molecular weight is 398 g/mol. The zero-order chi connectivity index (χ0) is 20.8. The molecule has 1 aliphatic heterocycles. The first-order valence-corrected chi connectivity index (χ1v) is 10.8. The van der Waals surface area contributed by atoms with Crippen LogP contribution < -0.4 is 0 Å². The molecule has 6 rings (SSSR count). The van der Waals surface area contributed by atoms with E-state index in [2.05, 4.69) is 133 Å². The van der Waals surface area contributed by atoms with Crippen LogP contribution in [0.2, 0.25) is 0 Å². The summed E-state index contributed by atoms with van der Waals surface area (Å²) in [5, 5.41) is 0. The van der Waals surface area contributed by atoms with Crippen molar-refractivity contribution < 1.29 is 0 Å². The molecule has 1 nitrogen and oxygen atoms in total. The summed E-state index contributed by atoms with van der Waals surface area (Å²) in [5.41, 5.74) is 9.99. The van der Waals surface area contributed by atoms with Gasteiger partial charge in [-0.15, -0.1) is 0 Å². The molecular formula is C30H23N. The number of hydrogen-bond acceptors (Lipinski definition) is 1. The van der Waals surface area contributed by atoms with Gasteiger partial charge in [-0.25, -0.2) is 0 Å². The summed E-state index contributed by atoms with van der Waals surface area (Å²) in [6, 6.07) is 39.2. The molecule has 0 bridgehead atoms. The molecule has 1 heteroatoms. The maximum absolute atomic E-state index is 2.46. The quantitative estimate of drug-likeness (QED) is 0.353. The Hall–Kier alpha value is -3.84. The second kappa shape index (κ2) is 6.85. The van der Waals surface area contributed by atoms with Crippen molar-refractivity contribution in [3.63, 3.8) is 0 Å². The Kier molecular flexibility index (Phi) is 3.97. The van der Waals surface area contributed by atoms with Crippen molar-refractivity contribution >= 4 is 11.4 Å². The fraction of sp³-hybridized carbons (Fsp3) is 0.0667. The van der Waals surface area contributed by atoms with Crippen molar-refractivity contribution in [1.82, 2.24) is 4.90 Å². The Morgan fingerprint density at radius 1 is 0.484 bits per heavy atom. The third kappa shape index (κ3) is 2.63. The van der Waals surface area contributed by atoms with Crippen LogP contribution >= 0.6 is 0 Å². The fourth-order valence-electron chi connectivity index (χ4n) is 5.18. The maximum atomic E-state index is 2.46. The van der Waals surface area contributed by atoms with Crippen molar-refractivity contribution in [1.29, 1.82) is 0 Å². The van der Waals surface area contributed by atoms with Crippen molar-refractivity contribution in [2.75, 3.05) is 7.05 Å². The lowest BCUT2D eigenvalue weighted by molar-refractivity contribution is 0.643. The van der Waals surface area contributed by atoms with Gasteiger partial charge in [-0.1, -0.05) is 109 Å². The molecular weight excluding hydrogens is 374 g/mol. The number of benzene rings is 4. The molecule has 0 saturated heterocycles. The van der Waals surface area contributed by atoms with Crippen molar-refractivity contribution in [2.24, 2.45) is 0 Å². The van der Waals surface area contributed by atoms with Gasteiger partial charge in [-0.05, 0) is 45.5 Å². The lowest BCUT2D eigenvalue weighted by Gasteiger charge is -2.38. The Balaban J connectivity index is 1.70. The van der Waals surface area contributed by atoms with E-state index in [1.807, 2.05) is 0 Å². The van der Waals surface area contributed by atoms with Gasteiger partial charge in [0.25, 0.3) is 0 Å². The molecule has 1 heterocycles. The lowest BCUT2D eigenvalue weighted by atomic mass is 9.74. The number of allylic oxidation sites excluding steroid dienone is 2. The van der Waals surface area contributed by atoms with E-state index in [4.69, 9.17) is 0 Å². The molecule has 31 heavy (non-hydrogen) atoms. The maximum Gasteiger partial charge on any atom is 0.0621 e. The van der Waals surface area contributed by atoms with Crippen molar-refractivity contribution in [3.05, 3.63) is 144 Å². The van der Waals surface area contributed by atoms with E-state index in [1.54, 1.807) is 0 Å². The monoisotopic (exact) mass is 397 g/mol. The highest BCUT2D eigenvalue weighted by atomic mass is 15.1. The zero-order valence-corrected chi connectivity index (χ0v) is 17.5. The van der Waals surface area contributed by atoms with E-state index in [9.17, 15) is 0 Å². The molecule has 0 unspecified atom stereocenters. The third-order valence-corrected chi connectivity index (χ3v) is 6.63. The van der Waals surface area contributed by atoms with Crippen LogP contribution in [-0.4, -0.2) is 11.9 Å². The molecule has 1 aliphatic carbocycles. The minimum atomic E-state index is -0.296. The third-order valence-electron chi connectivity index (χ3n) is 6.63. The molecule has 0 radical (unpaired) electrons. The van der Waals surface area contributed by atoms with E-state index >= 15 is 0 Å². The summed E-state index contributed by atoms with van der Waals surface area (Å²) in [6.07, 6.45) is 4.92. The highest BCUT2D eigenvalue weighted by Crippen LogP contribution is 2.54. The first-order chi connectivity index (χ1) is 15.3. The standard InChI is InChI=1S/C30H23N/c1-31-28(22-12-4-2-5-13-22)20-30(21-29(31)23-14-6-3-7-15-23)26-18-10-8-16-24(26)25-17-9-11-19-27(25)30/h2-21H,1H3. The van der Waals surface area contributed by atoms with E-state index in [-0.39, 0.29) is 5.41 Å². The molecule has 148 valence electrons. The number of fused-ring (bicyclic) bond motifs is 5. The Morgan fingerprint density at radius 3 is 1.32 bits per heavy atom. The molecule has 0 atom stereocenters. The smallest absolute Gasteiger partial charge is 0.0621 e. The van der Waals surface area contributed by atoms with Gasteiger partial charge in [-0.2, -0.15) is 0 Å². The predicted molar refractivity (Wildman–Crippen MR) is 129 cm³/mol. The molecule has 0 amide bonds. The van der Waals surface area contributed by atoms with Crippen LogP contribution in [0.5, 0.6) is 0 Å². The molecule has 1 spiro atoms. The van der Waals surface area contributed by atoms with Crippen molar-refractivity contribution in [3.8, 4) is 11.1 Å². The second-order valence-electron chi connectivity index (χ2n) is 8.31. The van der Waals surface area contributed by atoms with Crippen LogP contribution in [0.1, 0.15) is 22.3 Å². The predicted octanol–water partition coefficient (Wildman–Crippen LogP) is 6.98. The van der Waals surface area contributed by atoms with E-state index in [0.717, 1.165) is 0 Å². The number of hydrogen-bond donors (Lipinski definition) is 0. The van der Waals surface area contributed by atoms with Gasteiger partial charge < -0.3 is 4.90 Å². The summed E-state index contributed by atoms with van der Waals surface area (Å²) in [7, 11) is 2.18. The minimum absolute atomic E-state index is 0.296. The molecule has 2 aliphatic rings. The molecule has 4 aromatic rings. The van der Waals surface area contributed by atoms with Gasteiger partial charge in [0.2, 0.25) is 0 Å². The van der Waals surface area contributed by atoms with Gasteiger partial charge in [0, 0.05) is 18.4 Å². The summed E-state index contributed by atoms with van der Waals surface area (Å²) < 4.78 is 0. The molecule has 4 aromatic carbocycles. The number of nitrogens with zero attached hydrogens (tertiary/aromatic N) is 1. The summed E-state index contributed by atoms with van der Waals surface area (Å²) in [4.78, 5) is 2.33. The fourth-order valence-corrected chi connectivity index (χ4v) is 5.18. The van der Waals surface area contributed by atoms with Crippen LogP contribution in [0, 0.1) is 0 Å². The van der Waals surface area contributed by atoms with Gasteiger partial charge in [-0.3, -0.25) is 0 Å². The largest absolute Gasteiger partial charge is 0.344 e. The molecule has 0 aromatic heterocycles. The summed E-state index contributed by atoms with van der Waals surface area (Å²) >= 11 is 0. The van der Waals surface area contributed by atoms with Crippen LogP contribution in [-0.2, 0) is 5.41 Å². The minimum Gasteiger partial charge on any atom is -0.344 e. The first-order valence-electron chi connectivity index (χ1n) is 10.8. The lowest BCUT2D eigenvalue weighted by Crippen LogP contribution is -2.30. The first kappa shape index (κ1) is 18.0. The van der Waals surface area contributed by atoms with Gasteiger partial charge in [0.05, 0.1) is 5.41 Å². The highest BCUT2D eigenvalue weighted by molar-refractivity contribution is 5.91. The summed E-state index contributed by atoms with van der Waals surface area (Å²) in [6.45, 7) is 0. The topological polar surface area (TPSA) is 3.24 Å². The van der Waals surface area contributed by atoms with Crippen LogP contribution in [0.3, 0.4) is 0 Å². The van der Waals surface area contributed by atoms with Crippen molar-refractivity contribution in [2.45, 2.75) is 5.41 Å². The number of rotatable bonds is 2. The van der Waals surface area contributed by atoms with Crippen LogP contribution in [0.15, 0.2) is 121 Å². The second-order valence-corrected chi connectivity index (χ2v) is 8.31. The molecule has 0 saturated carbocycles. The normalized spacial score (nSPS) is 15.8. The molecule has 0 fully saturated rings. The van der Waals surface area contributed by atoms with Crippen LogP contribution in [0.25, 0.3) is 22.5 Å². The van der Waals surface area contributed by atoms with Gasteiger partial charge >= 0.3 is 0 Å². The van der Waals surface area contributed by atoms with E-state index < -0.39 is 0 Å². The van der Waals surface area contributed by atoms with Gasteiger partial charge in [0.15, 0.2) is 0 Å². The Morgan fingerprint density at radius 2 is 0.871 bits per heavy atom. The Bertz CT molecular complexity index is 1220. The average Bonchev–Trinajstić information content (AvgIpc) is 3.11. The molecule has 0 N–H and O–H groups in total. The highest BCUT2D eigenvalue weighted by Gasteiger charge is 2.43. The SMILES string of the molecule is CN1C(c2ccccc2)=CC2(C=C1c1ccccc1)c1ccccc1-c1ccccc12. The Labute approximate surface area is 183 Å². The van der Waals surface area contributed by atoms with Gasteiger partial charge in [0.1, 0.15) is 0 Å². The zero-order valence-electron chi connectivity index (χ0n) is 17.5. The van der Waals surface area contributed by atoms with E-state index in [0.29, 0.717) is 0 Å².